The van der Waals surface area contributed by atoms with E-state index < -0.39 is 19.9 Å². The Kier molecular flexibility index (Phi) is 4.50. The van der Waals surface area contributed by atoms with Crippen LogP contribution in [-0.4, -0.2) is 50.7 Å². The van der Waals surface area contributed by atoms with Crippen molar-refractivity contribution in [1.29, 1.82) is 0 Å². The standard InChI is InChI=1S/C15H19N3O4S2/c1-23(19,20)13-4-6-14(7-5-13)24(21,22)18-10-2-3-12(11-18)15-8-9-16-17-15/h4-9,12H,2-3,10-11H2,1H3,(H,16,17)/t12-/m0/s1. The van der Waals surface area contributed by atoms with Crippen LogP contribution in [0.5, 0.6) is 0 Å². The van der Waals surface area contributed by atoms with Crippen LogP contribution in [0.4, 0.5) is 0 Å². The molecule has 0 amide bonds. The molecule has 1 aromatic heterocycles. The highest BCUT2D eigenvalue weighted by atomic mass is 32.2. The molecule has 3 rings (SSSR count). The maximum atomic E-state index is 12.8. The van der Waals surface area contributed by atoms with Gasteiger partial charge >= 0.3 is 0 Å². The number of aromatic nitrogens is 2. The third-order valence-electron chi connectivity index (χ3n) is 4.24. The molecule has 0 bridgehead atoms. The number of sulfone groups is 1. The molecule has 0 aliphatic carbocycles. The minimum absolute atomic E-state index is 0.0892. The van der Waals surface area contributed by atoms with Gasteiger partial charge in [0.15, 0.2) is 9.84 Å². The average molecular weight is 369 g/mol. The summed E-state index contributed by atoms with van der Waals surface area (Å²) in [5.74, 6) is 0.0892. The highest BCUT2D eigenvalue weighted by Crippen LogP contribution is 2.29. The predicted molar refractivity (Wildman–Crippen MR) is 88.9 cm³/mol. The monoisotopic (exact) mass is 369 g/mol. The Morgan fingerprint density at radius 2 is 1.75 bits per heavy atom. The highest BCUT2D eigenvalue weighted by Gasteiger charge is 2.31. The third kappa shape index (κ3) is 3.38. The Hall–Kier alpha value is -1.71. The van der Waals surface area contributed by atoms with Crippen LogP contribution < -0.4 is 0 Å². The molecule has 0 spiro atoms. The van der Waals surface area contributed by atoms with Gasteiger partial charge in [0.05, 0.1) is 9.79 Å². The van der Waals surface area contributed by atoms with Gasteiger partial charge in [0.25, 0.3) is 0 Å². The number of H-pyrrole nitrogens is 1. The lowest BCUT2D eigenvalue weighted by atomic mass is 9.96. The van der Waals surface area contributed by atoms with E-state index in [0.29, 0.717) is 13.1 Å². The first-order chi connectivity index (χ1) is 11.3. The molecule has 2 aromatic rings. The Morgan fingerprint density at radius 1 is 1.08 bits per heavy atom. The number of rotatable bonds is 4. The second-order valence-electron chi connectivity index (χ2n) is 5.96. The number of nitrogens with zero attached hydrogens (tertiary/aromatic N) is 2. The van der Waals surface area contributed by atoms with Crippen LogP contribution in [0.1, 0.15) is 24.5 Å². The average Bonchev–Trinajstić information content (AvgIpc) is 3.09. The zero-order valence-corrected chi connectivity index (χ0v) is 14.8. The van der Waals surface area contributed by atoms with Crippen LogP contribution in [0, 0.1) is 0 Å². The maximum Gasteiger partial charge on any atom is 0.243 e. The minimum Gasteiger partial charge on any atom is -0.282 e. The van der Waals surface area contributed by atoms with Gasteiger partial charge in [-0.1, -0.05) is 0 Å². The van der Waals surface area contributed by atoms with Crippen molar-refractivity contribution in [3.05, 3.63) is 42.2 Å². The Labute approximate surface area is 141 Å². The normalized spacial score (nSPS) is 20.1. The van der Waals surface area contributed by atoms with Gasteiger partial charge in [-0.3, -0.25) is 5.10 Å². The molecule has 7 nitrogen and oxygen atoms in total. The summed E-state index contributed by atoms with van der Waals surface area (Å²) in [6.07, 6.45) is 4.42. The first kappa shape index (κ1) is 17.1. The van der Waals surface area contributed by atoms with E-state index in [2.05, 4.69) is 10.2 Å². The molecule has 1 aliphatic heterocycles. The van der Waals surface area contributed by atoms with Gasteiger partial charge in [0, 0.05) is 37.2 Å². The van der Waals surface area contributed by atoms with E-state index in [1.54, 1.807) is 6.20 Å². The molecule has 0 saturated carbocycles. The van der Waals surface area contributed by atoms with E-state index in [4.69, 9.17) is 0 Å². The van der Waals surface area contributed by atoms with E-state index in [-0.39, 0.29) is 15.7 Å². The minimum atomic E-state index is -3.64. The number of nitrogens with one attached hydrogen (secondary N) is 1. The highest BCUT2D eigenvalue weighted by molar-refractivity contribution is 7.90. The molecular weight excluding hydrogens is 350 g/mol. The van der Waals surface area contributed by atoms with Crippen molar-refractivity contribution in [3.8, 4) is 0 Å². The predicted octanol–water partition coefficient (Wildman–Crippen LogP) is 1.38. The van der Waals surface area contributed by atoms with Gasteiger partial charge in [0.1, 0.15) is 0 Å². The van der Waals surface area contributed by atoms with Crippen molar-refractivity contribution < 1.29 is 16.8 Å². The van der Waals surface area contributed by atoms with E-state index >= 15 is 0 Å². The molecular formula is C15H19N3O4S2. The van der Waals surface area contributed by atoms with Crippen molar-refractivity contribution >= 4 is 19.9 Å². The summed E-state index contributed by atoms with van der Waals surface area (Å²) >= 11 is 0. The van der Waals surface area contributed by atoms with E-state index in [1.807, 2.05) is 6.07 Å². The van der Waals surface area contributed by atoms with Gasteiger partial charge in [-0.25, -0.2) is 16.8 Å². The van der Waals surface area contributed by atoms with Crippen molar-refractivity contribution in [2.45, 2.75) is 28.6 Å². The molecule has 24 heavy (non-hydrogen) atoms. The number of aromatic amines is 1. The largest absolute Gasteiger partial charge is 0.282 e. The molecule has 1 fully saturated rings. The third-order valence-corrected chi connectivity index (χ3v) is 7.24. The lowest BCUT2D eigenvalue weighted by molar-refractivity contribution is 0.312. The number of sulfonamides is 1. The second kappa shape index (κ2) is 6.30. The molecule has 1 aromatic carbocycles. The summed E-state index contributed by atoms with van der Waals surface area (Å²) in [5.41, 5.74) is 0.933. The van der Waals surface area contributed by atoms with Gasteiger partial charge in [-0.2, -0.15) is 9.40 Å². The molecule has 1 saturated heterocycles. The van der Waals surface area contributed by atoms with Crippen molar-refractivity contribution in [3.63, 3.8) is 0 Å². The fourth-order valence-corrected chi connectivity index (χ4v) is 5.07. The van der Waals surface area contributed by atoms with Crippen LogP contribution in [0.3, 0.4) is 0 Å². The van der Waals surface area contributed by atoms with Gasteiger partial charge < -0.3 is 0 Å². The quantitative estimate of drug-likeness (QED) is 0.877. The summed E-state index contributed by atoms with van der Waals surface area (Å²) in [5, 5.41) is 6.83. The van der Waals surface area contributed by atoms with Crippen LogP contribution >= 0.6 is 0 Å². The molecule has 0 radical (unpaired) electrons. The van der Waals surface area contributed by atoms with Crippen molar-refractivity contribution in [2.75, 3.05) is 19.3 Å². The zero-order chi connectivity index (χ0) is 17.4. The smallest absolute Gasteiger partial charge is 0.243 e. The summed E-state index contributed by atoms with van der Waals surface area (Å²) in [6, 6.07) is 7.23. The molecule has 0 unspecified atom stereocenters. The second-order valence-corrected chi connectivity index (χ2v) is 9.91. The molecule has 1 atom stereocenters. The Bertz CT molecular complexity index is 904. The summed E-state index contributed by atoms with van der Waals surface area (Å²) in [4.78, 5) is 0.218. The molecule has 2 heterocycles. The van der Waals surface area contributed by atoms with Crippen molar-refractivity contribution in [2.24, 2.45) is 0 Å². The molecule has 1 N–H and O–H groups in total. The lowest BCUT2D eigenvalue weighted by Gasteiger charge is -2.31. The van der Waals surface area contributed by atoms with Gasteiger partial charge in [-0.05, 0) is 43.2 Å². The van der Waals surface area contributed by atoms with Gasteiger partial charge in [-0.15, -0.1) is 0 Å². The molecule has 1 aliphatic rings. The van der Waals surface area contributed by atoms with E-state index in [0.717, 1.165) is 24.8 Å². The number of benzene rings is 1. The molecule has 130 valence electrons. The van der Waals surface area contributed by atoms with E-state index in [1.165, 1.54) is 28.6 Å². The first-order valence-electron chi connectivity index (χ1n) is 7.58. The van der Waals surface area contributed by atoms with Crippen LogP contribution in [0.2, 0.25) is 0 Å². The van der Waals surface area contributed by atoms with Crippen LogP contribution in [0.15, 0.2) is 46.3 Å². The number of hydrogen-bond acceptors (Lipinski definition) is 5. The van der Waals surface area contributed by atoms with E-state index in [9.17, 15) is 16.8 Å². The first-order valence-corrected chi connectivity index (χ1v) is 10.9. The zero-order valence-electron chi connectivity index (χ0n) is 13.2. The fourth-order valence-electron chi connectivity index (χ4n) is 2.92. The Morgan fingerprint density at radius 3 is 2.33 bits per heavy atom. The topological polar surface area (TPSA) is 100 Å². The summed E-state index contributed by atoms with van der Waals surface area (Å²) in [7, 11) is -6.99. The van der Waals surface area contributed by atoms with Crippen LogP contribution in [-0.2, 0) is 19.9 Å². The Balaban J connectivity index is 1.84. The van der Waals surface area contributed by atoms with Crippen molar-refractivity contribution in [1.82, 2.24) is 14.5 Å². The SMILES string of the molecule is CS(=O)(=O)c1ccc(S(=O)(=O)N2CCC[C@H](c3ccn[nH]3)C2)cc1. The fraction of sp³-hybridized carbons (Fsp3) is 0.400. The molecule has 9 heteroatoms. The number of piperidine rings is 1. The van der Waals surface area contributed by atoms with Gasteiger partial charge in [0.2, 0.25) is 10.0 Å². The lowest BCUT2D eigenvalue weighted by Crippen LogP contribution is -2.39. The summed E-state index contributed by atoms with van der Waals surface area (Å²) in [6.45, 7) is 0.846. The maximum absolute atomic E-state index is 12.8. The van der Waals surface area contributed by atoms with Crippen LogP contribution in [0.25, 0.3) is 0 Å². The summed E-state index contributed by atoms with van der Waals surface area (Å²) < 4.78 is 50.1. The number of hydrogen-bond donors (Lipinski definition) is 1.